The van der Waals surface area contributed by atoms with E-state index in [1.807, 2.05) is 25.1 Å². The highest BCUT2D eigenvalue weighted by Crippen LogP contribution is 2.25. The predicted octanol–water partition coefficient (Wildman–Crippen LogP) is 1.98. The maximum atomic E-state index is 5.34. The van der Waals surface area contributed by atoms with Crippen LogP contribution in [0.4, 0.5) is 5.69 Å². The summed E-state index contributed by atoms with van der Waals surface area (Å²) in [5, 5.41) is 0. The van der Waals surface area contributed by atoms with Gasteiger partial charge >= 0.3 is 0 Å². The molecule has 0 bridgehead atoms. The topological polar surface area (TPSA) is 47.3 Å². The summed E-state index contributed by atoms with van der Waals surface area (Å²) in [5.41, 5.74) is 3.41. The molecule has 0 saturated carbocycles. The summed E-state index contributed by atoms with van der Waals surface area (Å²) < 4.78 is 6.47. The zero-order chi connectivity index (χ0) is 8.97. The van der Waals surface area contributed by atoms with Gasteiger partial charge in [0.1, 0.15) is 5.75 Å². The van der Waals surface area contributed by atoms with Crippen LogP contribution in [0.25, 0.3) is 0 Å². The average molecular weight is 278 g/mol. The van der Waals surface area contributed by atoms with Crippen LogP contribution in [0.5, 0.6) is 5.75 Å². The lowest BCUT2D eigenvalue weighted by atomic mass is 10.3. The maximum absolute atomic E-state index is 5.34. The molecule has 1 aromatic rings. The van der Waals surface area contributed by atoms with Gasteiger partial charge < -0.3 is 10.2 Å². The monoisotopic (exact) mass is 278 g/mol. The number of hydrogen-bond donors (Lipinski definition) is 2. The number of hydrogen-bond acceptors (Lipinski definition) is 3. The second-order valence-corrected chi connectivity index (χ2v) is 3.46. The van der Waals surface area contributed by atoms with E-state index in [-0.39, 0.29) is 0 Å². The van der Waals surface area contributed by atoms with Gasteiger partial charge in [0.15, 0.2) is 0 Å². The second kappa shape index (κ2) is 4.51. The minimum atomic E-state index is 0.648. The zero-order valence-corrected chi connectivity index (χ0v) is 8.96. The van der Waals surface area contributed by atoms with Crippen LogP contribution >= 0.6 is 22.6 Å². The molecule has 1 rings (SSSR count). The molecule has 0 radical (unpaired) electrons. The molecule has 0 unspecified atom stereocenters. The van der Waals surface area contributed by atoms with Gasteiger partial charge in [-0.1, -0.05) is 0 Å². The molecule has 4 heteroatoms. The Bertz CT molecular complexity index is 265. The van der Waals surface area contributed by atoms with Crippen molar-refractivity contribution in [3.8, 4) is 5.75 Å². The molecule has 0 heterocycles. The number of nitrogen functional groups attached to an aromatic ring is 1. The first kappa shape index (κ1) is 9.60. The number of halogens is 1. The largest absolute Gasteiger partial charge is 0.492 e. The van der Waals surface area contributed by atoms with E-state index < -0.39 is 0 Å². The van der Waals surface area contributed by atoms with Crippen LogP contribution in [0, 0.1) is 3.57 Å². The summed E-state index contributed by atoms with van der Waals surface area (Å²) >= 11 is 2.22. The van der Waals surface area contributed by atoms with Gasteiger partial charge in [-0.15, -0.1) is 0 Å². The number of rotatable bonds is 3. The van der Waals surface area contributed by atoms with Crippen LogP contribution in [0.1, 0.15) is 6.92 Å². The summed E-state index contributed by atoms with van der Waals surface area (Å²) in [7, 11) is 0. The van der Waals surface area contributed by atoms with Gasteiger partial charge in [0, 0.05) is 3.57 Å². The van der Waals surface area contributed by atoms with Crippen molar-refractivity contribution in [2.45, 2.75) is 6.92 Å². The third kappa shape index (κ3) is 2.25. The predicted molar refractivity (Wildman–Crippen MR) is 58.1 cm³/mol. The van der Waals surface area contributed by atoms with Gasteiger partial charge in [0.25, 0.3) is 0 Å². The lowest BCUT2D eigenvalue weighted by Crippen LogP contribution is -2.08. The normalized spacial score (nSPS) is 9.58. The van der Waals surface area contributed by atoms with E-state index in [2.05, 4.69) is 28.0 Å². The van der Waals surface area contributed by atoms with Crippen molar-refractivity contribution in [1.82, 2.24) is 0 Å². The molecule has 3 nitrogen and oxygen atoms in total. The minimum Gasteiger partial charge on any atom is -0.492 e. The first-order valence-corrected chi connectivity index (χ1v) is 4.74. The molecule has 1 aromatic carbocycles. The van der Waals surface area contributed by atoms with Crippen LogP contribution in [-0.2, 0) is 0 Å². The first-order chi connectivity index (χ1) is 5.77. The molecule has 3 N–H and O–H groups in total. The van der Waals surface area contributed by atoms with E-state index in [0.717, 1.165) is 15.0 Å². The standard InChI is InChI=1S/C8H11IN2O/c1-2-12-8-4-3-6(9)5-7(8)11-10/h3-5,11H,2,10H2,1H3. The Hall–Kier alpha value is -0.490. The number of hydrazine groups is 1. The van der Waals surface area contributed by atoms with Gasteiger partial charge in [0.2, 0.25) is 0 Å². The van der Waals surface area contributed by atoms with Gasteiger partial charge in [-0.3, -0.25) is 5.84 Å². The molecule has 0 saturated heterocycles. The first-order valence-electron chi connectivity index (χ1n) is 3.67. The van der Waals surface area contributed by atoms with Gasteiger partial charge in [-0.2, -0.15) is 0 Å². The molecule has 66 valence electrons. The van der Waals surface area contributed by atoms with Crippen molar-refractivity contribution >= 4 is 28.3 Å². The summed E-state index contributed by atoms with van der Waals surface area (Å²) in [4.78, 5) is 0. The molecule has 0 spiro atoms. The van der Waals surface area contributed by atoms with Gasteiger partial charge in [-0.25, -0.2) is 0 Å². The van der Waals surface area contributed by atoms with Crippen LogP contribution in [-0.4, -0.2) is 6.61 Å². The summed E-state index contributed by atoms with van der Waals surface area (Å²) in [6, 6.07) is 5.82. The van der Waals surface area contributed by atoms with E-state index in [9.17, 15) is 0 Å². The number of benzene rings is 1. The van der Waals surface area contributed by atoms with Crippen LogP contribution in [0.2, 0.25) is 0 Å². The molecule has 0 aliphatic heterocycles. The van der Waals surface area contributed by atoms with Crippen molar-refractivity contribution in [2.75, 3.05) is 12.0 Å². The van der Waals surface area contributed by atoms with E-state index in [1.54, 1.807) is 0 Å². The van der Waals surface area contributed by atoms with E-state index in [4.69, 9.17) is 10.6 Å². The highest BCUT2D eigenvalue weighted by molar-refractivity contribution is 14.1. The fraction of sp³-hybridized carbons (Fsp3) is 0.250. The number of ether oxygens (including phenoxy) is 1. The highest BCUT2D eigenvalue weighted by Gasteiger charge is 2.00. The number of nitrogens with two attached hydrogens (primary N) is 1. The Morgan fingerprint density at radius 3 is 2.92 bits per heavy atom. The molecule has 0 aliphatic rings. The second-order valence-electron chi connectivity index (χ2n) is 2.22. The van der Waals surface area contributed by atoms with Crippen molar-refractivity contribution in [3.05, 3.63) is 21.8 Å². The van der Waals surface area contributed by atoms with Crippen LogP contribution < -0.4 is 16.0 Å². The van der Waals surface area contributed by atoms with E-state index >= 15 is 0 Å². The quantitative estimate of drug-likeness (QED) is 0.505. The minimum absolute atomic E-state index is 0.648. The fourth-order valence-corrected chi connectivity index (χ4v) is 1.39. The molecule has 0 aliphatic carbocycles. The molecule has 0 fully saturated rings. The lowest BCUT2D eigenvalue weighted by Gasteiger charge is -2.09. The van der Waals surface area contributed by atoms with E-state index in [0.29, 0.717) is 6.61 Å². The third-order valence-corrected chi connectivity index (χ3v) is 2.07. The smallest absolute Gasteiger partial charge is 0.143 e. The summed E-state index contributed by atoms with van der Waals surface area (Å²) in [5.74, 6) is 6.11. The summed E-state index contributed by atoms with van der Waals surface area (Å²) in [6.45, 7) is 2.59. The highest BCUT2D eigenvalue weighted by atomic mass is 127. The van der Waals surface area contributed by atoms with E-state index in [1.165, 1.54) is 0 Å². The van der Waals surface area contributed by atoms with Crippen molar-refractivity contribution in [1.29, 1.82) is 0 Å². The van der Waals surface area contributed by atoms with Crippen molar-refractivity contribution in [3.63, 3.8) is 0 Å². The molecule has 0 atom stereocenters. The van der Waals surface area contributed by atoms with Gasteiger partial charge in [0.05, 0.1) is 12.3 Å². The SMILES string of the molecule is CCOc1ccc(I)cc1NN. The fourth-order valence-electron chi connectivity index (χ4n) is 0.896. The number of nitrogens with one attached hydrogen (secondary N) is 1. The Kier molecular flexibility index (Phi) is 3.61. The Labute approximate surface area is 85.4 Å². The molecular weight excluding hydrogens is 267 g/mol. The molecule has 0 aromatic heterocycles. The Balaban J connectivity index is 2.94. The molecular formula is C8H11IN2O. The van der Waals surface area contributed by atoms with Crippen molar-refractivity contribution < 1.29 is 4.74 Å². The Morgan fingerprint density at radius 2 is 2.33 bits per heavy atom. The maximum Gasteiger partial charge on any atom is 0.143 e. The summed E-state index contributed by atoms with van der Waals surface area (Å²) in [6.07, 6.45) is 0. The van der Waals surface area contributed by atoms with Crippen LogP contribution in [0.15, 0.2) is 18.2 Å². The van der Waals surface area contributed by atoms with Crippen LogP contribution in [0.3, 0.4) is 0 Å². The molecule has 0 amide bonds. The number of anilines is 1. The zero-order valence-electron chi connectivity index (χ0n) is 6.80. The third-order valence-electron chi connectivity index (χ3n) is 1.40. The lowest BCUT2D eigenvalue weighted by molar-refractivity contribution is 0.341. The van der Waals surface area contributed by atoms with Crippen molar-refractivity contribution in [2.24, 2.45) is 5.84 Å². The average Bonchev–Trinajstić information content (AvgIpc) is 2.08. The Morgan fingerprint density at radius 1 is 1.58 bits per heavy atom. The molecule has 12 heavy (non-hydrogen) atoms. The van der Waals surface area contributed by atoms with Gasteiger partial charge in [-0.05, 0) is 47.7 Å².